The molecular weight excluding hydrogens is 394 g/mol. The van der Waals surface area contributed by atoms with Crippen LogP contribution in [0.1, 0.15) is 23.2 Å². The SMILES string of the molecule is O=C(Nc1cccc(-c2cncnc2)c1)c1cnn2ccc(NC3CCOCC3)nc12. The number of ether oxygens (including phenoxy) is 1. The molecule has 1 aliphatic heterocycles. The van der Waals surface area contributed by atoms with Crippen molar-refractivity contribution in [3.63, 3.8) is 0 Å². The minimum absolute atomic E-state index is 0.271. The number of rotatable bonds is 5. The highest BCUT2D eigenvalue weighted by Crippen LogP contribution is 2.22. The second kappa shape index (κ2) is 8.49. The van der Waals surface area contributed by atoms with Gasteiger partial charge in [-0.2, -0.15) is 5.10 Å². The predicted molar refractivity (Wildman–Crippen MR) is 116 cm³/mol. The minimum atomic E-state index is -0.271. The van der Waals surface area contributed by atoms with E-state index in [1.165, 1.54) is 12.5 Å². The van der Waals surface area contributed by atoms with E-state index < -0.39 is 0 Å². The molecule has 4 heterocycles. The summed E-state index contributed by atoms with van der Waals surface area (Å²) in [5.74, 6) is 0.451. The smallest absolute Gasteiger partial charge is 0.261 e. The van der Waals surface area contributed by atoms with Gasteiger partial charge in [0.2, 0.25) is 0 Å². The molecule has 0 spiro atoms. The number of carbonyl (C=O) groups excluding carboxylic acids is 1. The number of nitrogens with zero attached hydrogens (tertiary/aromatic N) is 5. The molecule has 0 bridgehead atoms. The summed E-state index contributed by atoms with van der Waals surface area (Å²) in [4.78, 5) is 25.7. The molecule has 0 radical (unpaired) electrons. The van der Waals surface area contributed by atoms with Gasteiger partial charge in [0, 0.05) is 49.1 Å². The zero-order valence-electron chi connectivity index (χ0n) is 16.7. The number of benzene rings is 1. The van der Waals surface area contributed by atoms with Gasteiger partial charge in [0.15, 0.2) is 5.65 Å². The third-order valence-electron chi connectivity index (χ3n) is 5.20. The Morgan fingerprint density at radius 1 is 1.06 bits per heavy atom. The van der Waals surface area contributed by atoms with Gasteiger partial charge in [-0.25, -0.2) is 19.5 Å². The van der Waals surface area contributed by atoms with Gasteiger partial charge in [0.25, 0.3) is 5.91 Å². The normalized spacial score (nSPS) is 14.5. The Labute approximate surface area is 178 Å². The van der Waals surface area contributed by atoms with E-state index in [0.29, 0.717) is 22.9 Å². The molecule has 2 N–H and O–H groups in total. The molecule has 0 aliphatic carbocycles. The van der Waals surface area contributed by atoms with Crippen molar-refractivity contribution in [1.82, 2.24) is 24.6 Å². The Hall–Kier alpha value is -3.85. The zero-order valence-corrected chi connectivity index (χ0v) is 16.7. The monoisotopic (exact) mass is 415 g/mol. The lowest BCUT2D eigenvalue weighted by molar-refractivity contribution is 0.0904. The third kappa shape index (κ3) is 4.22. The maximum absolute atomic E-state index is 13.0. The Balaban J connectivity index is 1.36. The number of hydrogen-bond acceptors (Lipinski definition) is 7. The number of aromatic nitrogens is 5. The van der Waals surface area contributed by atoms with Gasteiger partial charge in [-0.3, -0.25) is 4.79 Å². The van der Waals surface area contributed by atoms with Crippen LogP contribution in [0.3, 0.4) is 0 Å². The molecule has 156 valence electrons. The van der Waals surface area contributed by atoms with Crippen LogP contribution in [0.5, 0.6) is 0 Å². The first kappa shape index (κ1) is 19.1. The standard InChI is InChI=1S/C22H21N7O2/c30-22(27-18-3-1-2-15(10-18)16-11-23-14-24-12-16)19-13-25-29-7-4-20(28-21(19)29)26-17-5-8-31-9-6-17/h1-4,7,10-14,17H,5-6,8-9H2,(H,26,28)(H,27,30). The fourth-order valence-corrected chi connectivity index (χ4v) is 3.58. The van der Waals surface area contributed by atoms with Gasteiger partial charge in [-0.05, 0) is 36.6 Å². The maximum Gasteiger partial charge on any atom is 0.261 e. The molecule has 5 rings (SSSR count). The Morgan fingerprint density at radius 2 is 1.90 bits per heavy atom. The summed E-state index contributed by atoms with van der Waals surface area (Å²) in [5, 5.41) is 10.6. The molecule has 0 atom stereocenters. The van der Waals surface area contributed by atoms with Gasteiger partial charge in [-0.1, -0.05) is 12.1 Å². The van der Waals surface area contributed by atoms with E-state index in [-0.39, 0.29) is 5.91 Å². The fraction of sp³-hybridized carbons (Fsp3) is 0.227. The molecule has 1 saturated heterocycles. The molecule has 4 aromatic rings. The van der Waals surface area contributed by atoms with Crippen molar-refractivity contribution in [3.05, 3.63) is 67.0 Å². The minimum Gasteiger partial charge on any atom is -0.381 e. The van der Waals surface area contributed by atoms with E-state index in [9.17, 15) is 4.79 Å². The highest BCUT2D eigenvalue weighted by atomic mass is 16.5. The first-order chi connectivity index (χ1) is 15.3. The van der Waals surface area contributed by atoms with Crippen LogP contribution in [0.25, 0.3) is 16.8 Å². The largest absolute Gasteiger partial charge is 0.381 e. The molecule has 1 amide bonds. The Morgan fingerprint density at radius 3 is 2.74 bits per heavy atom. The van der Waals surface area contributed by atoms with Gasteiger partial charge in [0.05, 0.1) is 6.20 Å². The van der Waals surface area contributed by atoms with Gasteiger partial charge >= 0.3 is 0 Å². The van der Waals surface area contributed by atoms with Crippen LogP contribution < -0.4 is 10.6 Å². The summed E-state index contributed by atoms with van der Waals surface area (Å²) < 4.78 is 7.00. The summed E-state index contributed by atoms with van der Waals surface area (Å²) in [6, 6.07) is 9.72. The van der Waals surface area contributed by atoms with E-state index in [0.717, 1.165) is 43.0 Å². The average Bonchev–Trinajstić information content (AvgIpc) is 3.24. The zero-order chi connectivity index (χ0) is 21.0. The van der Waals surface area contributed by atoms with Gasteiger partial charge in [0.1, 0.15) is 17.7 Å². The molecule has 1 fully saturated rings. The third-order valence-corrected chi connectivity index (χ3v) is 5.20. The van der Waals surface area contributed by atoms with Crippen molar-refractivity contribution >= 4 is 23.1 Å². The van der Waals surface area contributed by atoms with E-state index in [2.05, 4.69) is 30.7 Å². The quantitative estimate of drug-likeness (QED) is 0.516. The first-order valence-electron chi connectivity index (χ1n) is 10.1. The average molecular weight is 415 g/mol. The predicted octanol–water partition coefficient (Wildman–Crippen LogP) is 3.03. The van der Waals surface area contributed by atoms with Crippen molar-refractivity contribution in [2.24, 2.45) is 0 Å². The molecule has 9 heteroatoms. The lowest BCUT2D eigenvalue weighted by Crippen LogP contribution is -2.28. The molecule has 31 heavy (non-hydrogen) atoms. The number of amides is 1. The summed E-state index contributed by atoms with van der Waals surface area (Å²) in [6.45, 7) is 1.49. The fourth-order valence-electron chi connectivity index (χ4n) is 3.58. The van der Waals surface area contributed by atoms with Crippen molar-refractivity contribution in [1.29, 1.82) is 0 Å². The van der Waals surface area contributed by atoms with Crippen molar-refractivity contribution in [3.8, 4) is 11.1 Å². The summed E-state index contributed by atoms with van der Waals surface area (Å²) >= 11 is 0. The molecule has 0 saturated carbocycles. The number of hydrogen-bond donors (Lipinski definition) is 2. The topological polar surface area (TPSA) is 106 Å². The van der Waals surface area contributed by atoms with Crippen LogP contribution in [0.2, 0.25) is 0 Å². The number of nitrogens with one attached hydrogen (secondary N) is 2. The lowest BCUT2D eigenvalue weighted by Gasteiger charge is -2.23. The Bertz CT molecular complexity index is 1200. The van der Waals surface area contributed by atoms with E-state index in [1.54, 1.807) is 23.1 Å². The second-order valence-corrected chi connectivity index (χ2v) is 7.33. The summed E-state index contributed by atoms with van der Waals surface area (Å²) in [7, 11) is 0. The van der Waals surface area contributed by atoms with Crippen LogP contribution >= 0.6 is 0 Å². The molecule has 0 unspecified atom stereocenters. The molecule has 1 aromatic carbocycles. The van der Waals surface area contributed by atoms with Crippen LogP contribution in [-0.4, -0.2) is 49.7 Å². The number of anilines is 2. The number of fused-ring (bicyclic) bond motifs is 1. The van der Waals surface area contributed by atoms with Gasteiger partial charge in [-0.15, -0.1) is 0 Å². The first-order valence-corrected chi connectivity index (χ1v) is 10.1. The molecule has 9 nitrogen and oxygen atoms in total. The Kier molecular flexibility index (Phi) is 5.24. The van der Waals surface area contributed by atoms with Crippen LogP contribution in [0, 0.1) is 0 Å². The van der Waals surface area contributed by atoms with Crippen LogP contribution in [0.4, 0.5) is 11.5 Å². The van der Waals surface area contributed by atoms with Crippen molar-refractivity contribution in [2.75, 3.05) is 23.8 Å². The van der Waals surface area contributed by atoms with E-state index >= 15 is 0 Å². The van der Waals surface area contributed by atoms with E-state index in [4.69, 9.17) is 4.74 Å². The molecular formula is C22H21N7O2. The van der Waals surface area contributed by atoms with Crippen LogP contribution in [-0.2, 0) is 4.74 Å². The number of carbonyl (C=O) groups is 1. The van der Waals surface area contributed by atoms with Crippen LogP contribution in [0.15, 0.2) is 61.4 Å². The second-order valence-electron chi connectivity index (χ2n) is 7.33. The molecule has 1 aliphatic rings. The lowest BCUT2D eigenvalue weighted by atomic mass is 10.1. The summed E-state index contributed by atoms with van der Waals surface area (Å²) in [6.07, 6.45) is 10.1. The van der Waals surface area contributed by atoms with Gasteiger partial charge < -0.3 is 15.4 Å². The van der Waals surface area contributed by atoms with Crippen molar-refractivity contribution < 1.29 is 9.53 Å². The highest BCUT2D eigenvalue weighted by molar-refractivity contribution is 6.08. The van der Waals surface area contributed by atoms with Crippen molar-refractivity contribution in [2.45, 2.75) is 18.9 Å². The highest BCUT2D eigenvalue weighted by Gasteiger charge is 2.17. The van der Waals surface area contributed by atoms with E-state index in [1.807, 2.05) is 30.3 Å². The maximum atomic E-state index is 13.0. The molecule has 3 aromatic heterocycles. The summed E-state index contributed by atoms with van der Waals surface area (Å²) in [5.41, 5.74) is 3.37.